The Morgan fingerprint density at radius 2 is 2.08 bits per heavy atom. The topological polar surface area (TPSA) is 83.1 Å². The lowest BCUT2D eigenvalue weighted by Gasteiger charge is -2.28. The molecule has 0 bridgehead atoms. The lowest BCUT2D eigenvalue weighted by atomic mass is 10.1. The number of hydrogen-bond acceptors (Lipinski definition) is 4. The van der Waals surface area contributed by atoms with Crippen molar-refractivity contribution in [3.05, 3.63) is 33.8 Å². The maximum Gasteiger partial charge on any atom is 0.189 e. The molecule has 0 spiro atoms. The zero-order chi connectivity index (χ0) is 17.5. The van der Waals surface area contributed by atoms with Crippen molar-refractivity contribution < 1.29 is 9.84 Å². The summed E-state index contributed by atoms with van der Waals surface area (Å²) in [6.45, 7) is 5.83. The summed E-state index contributed by atoms with van der Waals surface area (Å²) < 4.78 is 5.28. The zero-order valence-electron chi connectivity index (χ0n) is 14.1. The molecule has 1 aromatic carbocycles. The van der Waals surface area contributed by atoms with Crippen molar-refractivity contribution in [2.45, 2.75) is 19.1 Å². The zero-order valence-corrected chi connectivity index (χ0v) is 18.0. The molecule has 1 aliphatic heterocycles. The summed E-state index contributed by atoms with van der Waals surface area (Å²) in [5.41, 5.74) is 6.78. The SMILES string of the molecule is CC(NC(N)=NCC(O)CN1CCOCC1)c1ccc(Cl)cc1Cl.I. The molecule has 0 aliphatic carbocycles. The molecule has 1 fully saturated rings. The molecule has 6 nitrogen and oxygen atoms in total. The molecule has 1 saturated heterocycles. The van der Waals surface area contributed by atoms with Crippen LogP contribution in [0.5, 0.6) is 0 Å². The number of nitrogens with zero attached hydrogens (tertiary/aromatic N) is 2. The van der Waals surface area contributed by atoms with Crippen LogP contribution in [0.2, 0.25) is 10.0 Å². The van der Waals surface area contributed by atoms with Gasteiger partial charge in [0.15, 0.2) is 5.96 Å². The van der Waals surface area contributed by atoms with E-state index in [-0.39, 0.29) is 42.5 Å². The first-order chi connectivity index (χ1) is 11.5. The summed E-state index contributed by atoms with van der Waals surface area (Å²) in [6.07, 6.45) is -0.558. The van der Waals surface area contributed by atoms with E-state index in [1.807, 2.05) is 13.0 Å². The standard InChI is InChI=1S/C16H24Cl2N4O2.HI/c1-11(14-3-2-12(17)8-15(14)18)21-16(19)20-9-13(23)10-22-4-6-24-7-5-22;/h2-3,8,11,13,23H,4-7,9-10H2,1H3,(H3,19,20,21);1H. The smallest absolute Gasteiger partial charge is 0.189 e. The van der Waals surface area contributed by atoms with Gasteiger partial charge in [-0.3, -0.25) is 9.89 Å². The summed E-state index contributed by atoms with van der Waals surface area (Å²) in [5.74, 6) is 0.273. The first-order valence-corrected chi connectivity index (χ1v) is 8.71. The Hall–Kier alpha value is -0.320. The van der Waals surface area contributed by atoms with Gasteiger partial charge in [0.2, 0.25) is 0 Å². The Balaban J connectivity index is 0.00000312. The van der Waals surface area contributed by atoms with Crippen LogP contribution in [0, 0.1) is 0 Å². The summed E-state index contributed by atoms with van der Waals surface area (Å²) >= 11 is 12.1. The van der Waals surface area contributed by atoms with E-state index >= 15 is 0 Å². The predicted octanol–water partition coefficient (Wildman–Crippen LogP) is 2.27. The fourth-order valence-electron chi connectivity index (χ4n) is 2.54. The summed E-state index contributed by atoms with van der Waals surface area (Å²) in [7, 11) is 0. The predicted molar refractivity (Wildman–Crippen MR) is 113 cm³/mol. The van der Waals surface area contributed by atoms with Gasteiger partial charge in [0.25, 0.3) is 0 Å². The average Bonchev–Trinajstić information content (AvgIpc) is 2.53. The average molecular weight is 503 g/mol. The fourth-order valence-corrected chi connectivity index (χ4v) is 3.11. The van der Waals surface area contributed by atoms with Gasteiger partial charge in [-0.1, -0.05) is 29.3 Å². The Morgan fingerprint density at radius 1 is 1.40 bits per heavy atom. The third-order valence-electron chi connectivity index (χ3n) is 3.84. The molecular formula is C16H25Cl2IN4O2. The molecule has 142 valence electrons. The lowest BCUT2D eigenvalue weighted by Crippen LogP contribution is -2.42. The molecule has 25 heavy (non-hydrogen) atoms. The van der Waals surface area contributed by atoms with Crippen LogP contribution in [-0.4, -0.2) is 61.5 Å². The Kier molecular flexibility index (Phi) is 10.4. The first-order valence-electron chi connectivity index (χ1n) is 7.95. The molecular weight excluding hydrogens is 478 g/mol. The second kappa shape index (κ2) is 11.4. The van der Waals surface area contributed by atoms with E-state index in [0.717, 1.165) is 18.7 Å². The highest BCUT2D eigenvalue weighted by atomic mass is 127. The van der Waals surface area contributed by atoms with E-state index in [4.69, 9.17) is 33.7 Å². The molecule has 0 amide bonds. The van der Waals surface area contributed by atoms with Crippen molar-refractivity contribution in [1.82, 2.24) is 10.2 Å². The van der Waals surface area contributed by atoms with Crippen LogP contribution < -0.4 is 11.1 Å². The number of aliphatic hydroxyl groups excluding tert-OH is 1. The minimum absolute atomic E-state index is 0. The van der Waals surface area contributed by atoms with Gasteiger partial charge >= 0.3 is 0 Å². The second-order valence-corrected chi connectivity index (χ2v) is 6.67. The molecule has 4 N–H and O–H groups in total. The van der Waals surface area contributed by atoms with Crippen LogP contribution in [0.25, 0.3) is 0 Å². The lowest BCUT2D eigenvalue weighted by molar-refractivity contribution is 0.0165. The number of aliphatic imine (C=N–C) groups is 1. The highest BCUT2D eigenvalue weighted by Gasteiger charge is 2.15. The largest absolute Gasteiger partial charge is 0.390 e. The highest BCUT2D eigenvalue weighted by molar-refractivity contribution is 14.0. The van der Waals surface area contributed by atoms with Crippen molar-refractivity contribution in [3.8, 4) is 0 Å². The molecule has 0 radical (unpaired) electrons. The second-order valence-electron chi connectivity index (χ2n) is 5.82. The quantitative estimate of drug-likeness (QED) is 0.316. The van der Waals surface area contributed by atoms with Crippen LogP contribution in [0.15, 0.2) is 23.2 Å². The number of aliphatic hydroxyl groups is 1. The first kappa shape index (κ1) is 22.7. The van der Waals surface area contributed by atoms with Gasteiger partial charge in [-0.25, -0.2) is 0 Å². The number of benzene rings is 1. The third kappa shape index (κ3) is 7.84. The molecule has 2 atom stereocenters. The summed E-state index contributed by atoms with van der Waals surface area (Å²) in [5, 5.41) is 14.3. The van der Waals surface area contributed by atoms with Crippen LogP contribution in [0.3, 0.4) is 0 Å². The minimum Gasteiger partial charge on any atom is -0.390 e. The van der Waals surface area contributed by atoms with Crippen LogP contribution in [0.4, 0.5) is 0 Å². The van der Waals surface area contributed by atoms with Crippen LogP contribution in [0.1, 0.15) is 18.5 Å². The number of rotatable bonds is 6. The van der Waals surface area contributed by atoms with Crippen LogP contribution >= 0.6 is 47.2 Å². The van der Waals surface area contributed by atoms with E-state index < -0.39 is 6.10 Å². The third-order valence-corrected chi connectivity index (χ3v) is 4.40. The van der Waals surface area contributed by atoms with E-state index in [1.54, 1.807) is 12.1 Å². The van der Waals surface area contributed by atoms with Gasteiger partial charge in [-0.2, -0.15) is 0 Å². The van der Waals surface area contributed by atoms with E-state index in [2.05, 4.69) is 15.2 Å². The molecule has 9 heteroatoms. The van der Waals surface area contributed by atoms with Crippen molar-refractivity contribution in [1.29, 1.82) is 0 Å². The molecule has 0 saturated carbocycles. The van der Waals surface area contributed by atoms with Gasteiger partial charge in [-0.05, 0) is 24.6 Å². The maximum atomic E-state index is 10.1. The number of morpholine rings is 1. The van der Waals surface area contributed by atoms with E-state index in [0.29, 0.717) is 29.8 Å². The number of nitrogens with two attached hydrogens (primary N) is 1. The van der Waals surface area contributed by atoms with Gasteiger partial charge < -0.3 is 20.9 Å². The number of ether oxygens (including phenoxy) is 1. The fraction of sp³-hybridized carbons (Fsp3) is 0.562. The summed E-state index contributed by atoms with van der Waals surface area (Å²) in [4.78, 5) is 6.36. The highest BCUT2D eigenvalue weighted by Crippen LogP contribution is 2.25. The Bertz CT molecular complexity index is 571. The molecule has 1 aromatic rings. The monoisotopic (exact) mass is 502 g/mol. The number of guanidine groups is 1. The Morgan fingerprint density at radius 3 is 2.72 bits per heavy atom. The number of hydrogen-bond donors (Lipinski definition) is 3. The number of β-amino-alcohol motifs (C(OH)–C–C–N with tert-alkyl or cyclic N) is 1. The Labute approximate surface area is 175 Å². The molecule has 2 rings (SSSR count). The molecule has 2 unspecified atom stereocenters. The number of nitrogens with one attached hydrogen (secondary N) is 1. The van der Waals surface area contributed by atoms with Crippen molar-refractivity contribution >= 4 is 53.1 Å². The molecule has 0 aromatic heterocycles. The minimum atomic E-state index is -0.558. The van der Waals surface area contributed by atoms with E-state index in [9.17, 15) is 5.11 Å². The van der Waals surface area contributed by atoms with Gasteiger partial charge in [0.1, 0.15) is 0 Å². The van der Waals surface area contributed by atoms with Crippen molar-refractivity contribution in [2.24, 2.45) is 10.7 Å². The van der Waals surface area contributed by atoms with Crippen molar-refractivity contribution in [2.75, 3.05) is 39.4 Å². The normalized spacial score (nSPS) is 18.3. The molecule has 1 aliphatic rings. The molecule has 1 heterocycles. The van der Waals surface area contributed by atoms with Gasteiger partial charge in [-0.15, -0.1) is 24.0 Å². The van der Waals surface area contributed by atoms with Gasteiger partial charge in [0, 0.05) is 29.7 Å². The number of halogens is 3. The summed E-state index contributed by atoms with van der Waals surface area (Å²) in [6, 6.07) is 5.20. The maximum absolute atomic E-state index is 10.1. The van der Waals surface area contributed by atoms with Crippen LogP contribution in [-0.2, 0) is 4.74 Å². The van der Waals surface area contributed by atoms with Crippen molar-refractivity contribution in [3.63, 3.8) is 0 Å². The van der Waals surface area contributed by atoms with E-state index in [1.165, 1.54) is 0 Å². The van der Waals surface area contributed by atoms with Gasteiger partial charge in [0.05, 0.1) is 31.9 Å².